The van der Waals surface area contributed by atoms with Crippen LogP contribution in [0.1, 0.15) is 39.7 Å². The van der Waals surface area contributed by atoms with Gasteiger partial charge in [0, 0.05) is 12.1 Å². The van der Waals surface area contributed by atoms with Crippen molar-refractivity contribution in [3.63, 3.8) is 0 Å². The second-order valence-electron chi connectivity index (χ2n) is 6.89. The van der Waals surface area contributed by atoms with E-state index in [1.165, 1.54) is 5.56 Å². The van der Waals surface area contributed by atoms with Gasteiger partial charge in [0.1, 0.15) is 5.60 Å². The van der Waals surface area contributed by atoms with Gasteiger partial charge in [0.25, 0.3) is 0 Å². The zero-order chi connectivity index (χ0) is 15.6. The van der Waals surface area contributed by atoms with Crippen molar-refractivity contribution in [2.75, 3.05) is 0 Å². The van der Waals surface area contributed by atoms with Crippen LogP contribution < -0.4 is 5.73 Å². The molecule has 0 aliphatic carbocycles. The Morgan fingerprint density at radius 2 is 1.95 bits per heavy atom. The van der Waals surface area contributed by atoms with Gasteiger partial charge in [-0.2, -0.15) is 0 Å². The van der Waals surface area contributed by atoms with Crippen molar-refractivity contribution in [1.82, 2.24) is 4.90 Å². The first-order valence-electron chi connectivity index (χ1n) is 7.59. The van der Waals surface area contributed by atoms with Crippen molar-refractivity contribution in [3.8, 4) is 0 Å². The zero-order valence-electron chi connectivity index (χ0n) is 13.4. The molecular formula is C17H26N2O2. The van der Waals surface area contributed by atoms with Gasteiger partial charge in [-0.1, -0.05) is 30.3 Å². The van der Waals surface area contributed by atoms with Crippen molar-refractivity contribution < 1.29 is 9.53 Å². The van der Waals surface area contributed by atoms with Crippen LogP contribution in [0.4, 0.5) is 4.79 Å². The monoisotopic (exact) mass is 290 g/mol. The van der Waals surface area contributed by atoms with Gasteiger partial charge in [-0.25, -0.2) is 4.79 Å². The number of rotatable bonds is 2. The third kappa shape index (κ3) is 3.97. The third-order valence-electron chi connectivity index (χ3n) is 3.83. The van der Waals surface area contributed by atoms with E-state index in [0.29, 0.717) is 0 Å². The molecule has 2 unspecified atom stereocenters. The molecule has 2 N–H and O–H groups in total. The number of hydrogen-bond donors (Lipinski definition) is 1. The number of carbonyl (C=O) groups is 1. The molecule has 1 fully saturated rings. The van der Waals surface area contributed by atoms with Crippen LogP contribution in [0.25, 0.3) is 0 Å². The number of benzene rings is 1. The fourth-order valence-corrected chi connectivity index (χ4v) is 2.93. The van der Waals surface area contributed by atoms with Crippen LogP contribution in [0.3, 0.4) is 0 Å². The van der Waals surface area contributed by atoms with E-state index in [9.17, 15) is 4.79 Å². The first-order valence-corrected chi connectivity index (χ1v) is 7.59. The first kappa shape index (κ1) is 15.8. The highest BCUT2D eigenvalue weighted by Gasteiger charge is 2.41. The molecule has 0 aromatic heterocycles. The van der Waals surface area contributed by atoms with Crippen LogP contribution in [0.5, 0.6) is 0 Å². The fourth-order valence-electron chi connectivity index (χ4n) is 2.93. The maximum Gasteiger partial charge on any atom is 0.410 e. The first-order chi connectivity index (χ1) is 9.78. The molecule has 1 aliphatic rings. The van der Waals surface area contributed by atoms with E-state index in [2.05, 4.69) is 12.1 Å². The summed E-state index contributed by atoms with van der Waals surface area (Å²) >= 11 is 0. The van der Waals surface area contributed by atoms with E-state index in [1.54, 1.807) is 0 Å². The SMILES string of the molecule is CC1C[C@@H](N)C(Cc2ccccc2)N1C(=O)OC(C)(C)C. The Hall–Kier alpha value is -1.55. The highest BCUT2D eigenvalue weighted by Crippen LogP contribution is 2.28. The van der Waals surface area contributed by atoms with Crippen LogP contribution in [0.2, 0.25) is 0 Å². The molecule has 1 heterocycles. The summed E-state index contributed by atoms with van der Waals surface area (Å²) in [6, 6.07) is 10.3. The lowest BCUT2D eigenvalue weighted by atomic mass is 10.0. The number of ether oxygens (including phenoxy) is 1. The number of carbonyl (C=O) groups excluding carboxylic acids is 1. The highest BCUT2D eigenvalue weighted by molar-refractivity contribution is 5.69. The average molecular weight is 290 g/mol. The Balaban J connectivity index is 2.15. The van der Waals surface area contributed by atoms with Gasteiger partial charge in [-0.3, -0.25) is 0 Å². The minimum Gasteiger partial charge on any atom is -0.444 e. The van der Waals surface area contributed by atoms with Gasteiger partial charge in [0.2, 0.25) is 0 Å². The molecule has 4 heteroatoms. The van der Waals surface area contributed by atoms with Crippen LogP contribution in [-0.4, -0.2) is 34.7 Å². The number of nitrogens with two attached hydrogens (primary N) is 1. The summed E-state index contributed by atoms with van der Waals surface area (Å²) in [7, 11) is 0. The van der Waals surface area contributed by atoms with Crippen molar-refractivity contribution in [2.45, 2.75) is 64.3 Å². The van der Waals surface area contributed by atoms with Gasteiger partial charge in [0.15, 0.2) is 0 Å². The summed E-state index contributed by atoms with van der Waals surface area (Å²) in [5.41, 5.74) is 6.97. The van der Waals surface area contributed by atoms with Crippen molar-refractivity contribution in [3.05, 3.63) is 35.9 Å². The van der Waals surface area contributed by atoms with Gasteiger partial charge in [0.05, 0.1) is 6.04 Å². The second kappa shape index (κ2) is 6.06. The molecule has 2 rings (SSSR count). The highest BCUT2D eigenvalue weighted by atomic mass is 16.6. The molecule has 1 aromatic rings. The lowest BCUT2D eigenvalue weighted by Crippen LogP contribution is -2.47. The summed E-state index contributed by atoms with van der Waals surface area (Å²) < 4.78 is 5.54. The molecule has 1 amide bonds. The molecule has 0 radical (unpaired) electrons. The molecular weight excluding hydrogens is 264 g/mol. The van der Waals surface area contributed by atoms with Crippen LogP contribution >= 0.6 is 0 Å². The summed E-state index contributed by atoms with van der Waals surface area (Å²) in [6.45, 7) is 7.70. The predicted molar refractivity (Wildman–Crippen MR) is 84.1 cm³/mol. The molecule has 3 atom stereocenters. The third-order valence-corrected chi connectivity index (χ3v) is 3.83. The number of amides is 1. The molecule has 116 valence electrons. The topological polar surface area (TPSA) is 55.6 Å². The van der Waals surface area contributed by atoms with Gasteiger partial charge in [-0.15, -0.1) is 0 Å². The normalized spacial score (nSPS) is 26.0. The second-order valence-corrected chi connectivity index (χ2v) is 6.89. The lowest BCUT2D eigenvalue weighted by Gasteiger charge is -2.32. The Morgan fingerprint density at radius 3 is 2.52 bits per heavy atom. The predicted octanol–water partition coefficient (Wildman–Crippen LogP) is 2.95. The van der Waals surface area contributed by atoms with E-state index in [4.69, 9.17) is 10.5 Å². The average Bonchev–Trinajstić information content (AvgIpc) is 2.63. The standard InChI is InChI=1S/C17H26N2O2/c1-12-10-14(18)15(11-13-8-6-5-7-9-13)19(12)16(20)21-17(2,3)4/h5-9,12,14-15H,10-11,18H2,1-4H3/t12?,14-,15?/m1/s1. The summed E-state index contributed by atoms with van der Waals surface area (Å²) in [5, 5.41) is 0. The molecule has 0 saturated carbocycles. The maximum atomic E-state index is 12.5. The van der Waals surface area contributed by atoms with E-state index in [0.717, 1.165) is 12.8 Å². The minimum absolute atomic E-state index is 0.00255. The lowest BCUT2D eigenvalue weighted by molar-refractivity contribution is 0.0155. The Kier molecular flexibility index (Phi) is 4.57. The van der Waals surface area contributed by atoms with E-state index in [-0.39, 0.29) is 24.2 Å². The van der Waals surface area contributed by atoms with Crippen LogP contribution in [0.15, 0.2) is 30.3 Å². The number of hydrogen-bond acceptors (Lipinski definition) is 3. The molecule has 21 heavy (non-hydrogen) atoms. The largest absolute Gasteiger partial charge is 0.444 e. The minimum atomic E-state index is -0.485. The Bertz CT molecular complexity index is 481. The summed E-state index contributed by atoms with van der Waals surface area (Å²) in [6.07, 6.45) is 1.33. The molecule has 4 nitrogen and oxygen atoms in total. The smallest absolute Gasteiger partial charge is 0.410 e. The Morgan fingerprint density at radius 1 is 1.33 bits per heavy atom. The summed E-state index contributed by atoms with van der Waals surface area (Å²) in [5.74, 6) is 0. The number of nitrogens with zero attached hydrogens (tertiary/aromatic N) is 1. The molecule has 1 saturated heterocycles. The van der Waals surface area contributed by atoms with Crippen molar-refractivity contribution in [2.24, 2.45) is 5.73 Å². The molecule has 0 bridgehead atoms. The molecule has 0 spiro atoms. The van der Waals surface area contributed by atoms with E-state index >= 15 is 0 Å². The van der Waals surface area contributed by atoms with Gasteiger partial charge in [-0.05, 0) is 46.1 Å². The Labute approximate surface area is 127 Å². The van der Waals surface area contributed by atoms with Crippen molar-refractivity contribution in [1.29, 1.82) is 0 Å². The van der Waals surface area contributed by atoms with Gasteiger partial charge < -0.3 is 15.4 Å². The van der Waals surface area contributed by atoms with Crippen molar-refractivity contribution >= 4 is 6.09 Å². The molecule has 1 aliphatic heterocycles. The fraction of sp³-hybridized carbons (Fsp3) is 0.588. The quantitative estimate of drug-likeness (QED) is 0.911. The zero-order valence-corrected chi connectivity index (χ0v) is 13.4. The van der Waals surface area contributed by atoms with Gasteiger partial charge >= 0.3 is 6.09 Å². The van der Waals surface area contributed by atoms with Crippen LogP contribution in [0, 0.1) is 0 Å². The van der Waals surface area contributed by atoms with E-state index < -0.39 is 5.60 Å². The summed E-state index contributed by atoms with van der Waals surface area (Å²) in [4.78, 5) is 14.3. The molecule has 1 aromatic carbocycles. The van der Waals surface area contributed by atoms with E-state index in [1.807, 2.05) is 50.8 Å². The van der Waals surface area contributed by atoms with Crippen LogP contribution in [-0.2, 0) is 11.2 Å². The maximum absolute atomic E-state index is 12.5. The number of likely N-dealkylation sites (tertiary alicyclic amines) is 1.